The normalized spacial score (nSPS) is 13.0. The Hall–Kier alpha value is -2.51. The molecule has 7 heteroatoms. The molecule has 0 aliphatic heterocycles. The first-order valence-corrected chi connectivity index (χ1v) is 6.26. The number of nitro benzene ring substituents is 1. The van der Waals surface area contributed by atoms with Gasteiger partial charge in [-0.15, -0.1) is 0 Å². The number of non-ortho nitro benzene ring substituents is 1. The van der Waals surface area contributed by atoms with Crippen molar-refractivity contribution in [1.29, 1.82) is 0 Å². The Labute approximate surface area is 127 Å². The first-order chi connectivity index (χ1) is 10.4. The molecule has 0 saturated carbocycles. The lowest BCUT2D eigenvalue weighted by molar-refractivity contribution is -0.384. The van der Waals surface area contributed by atoms with Crippen molar-refractivity contribution in [2.24, 2.45) is 0 Å². The predicted molar refractivity (Wildman–Crippen MR) is 79.1 cm³/mol. The van der Waals surface area contributed by atoms with E-state index in [0.29, 0.717) is 5.56 Å². The van der Waals surface area contributed by atoms with Gasteiger partial charge in [-0.3, -0.25) is 10.1 Å². The summed E-state index contributed by atoms with van der Waals surface area (Å²) in [7, 11) is 2.64. The minimum atomic E-state index is -0.879. The highest BCUT2D eigenvalue weighted by Gasteiger charge is 2.25. The smallest absolute Gasteiger partial charge is 0.336 e. The van der Waals surface area contributed by atoms with Gasteiger partial charge in [0.1, 0.15) is 6.10 Å². The number of hydrogen-bond acceptors (Lipinski definition) is 6. The van der Waals surface area contributed by atoms with Gasteiger partial charge in [0.2, 0.25) is 0 Å². The molecular formula is C15H17NO6. The zero-order valence-electron chi connectivity index (χ0n) is 12.4. The Morgan fingerprint density at radius 2 is 1.91 bits per heavy atom. The highest BCUT2D eigenvalue weighted by Crippen LogP contribution is 2.29. The number of carbonyl (C=O) groups is 1. The first-order valence-electron chi connectivity index (χ1n) is 6.26. The molecular weight excluding hydrogens is 290 g/mol. The third-order valence-corrected chi connectivity index (χ3v) is 2.87. The molecule has 0 saturated heterocycles. The van der Waals surface area contributed by atoms with Gasteiger partial charge in [0.25, 0.3) is 5.69 Å². The second kappa shape index (κ2) is 8.06. The van der Waals surface area contributed by atoms with E-state index in [1.54, 1.807) is 0 Å². The van der Waals surface area contributed by atoms with Crippen LogP contribution in [0.25, 0.3) is 0 Å². The Balaban J connectivity index is 3.12. The van der Waals surface area contributed by atoms with Crippen molar-refractivity contribution in [3.63, 3.8) is 0 Å². The number of nitro groups is 1. The molecule has 2 atom stereocenters. The SMILES string of the molecule is C=CC(OC)OC(C(=C)C(=O)OC)c1ccc([N+](=O)[O-])cc1. The fraction of sp³-hybridized carbons (Fsp3) is 0.267. The molecule has 2 unspecified atom stereocenters. The van der Waals surface area contributed by atoms with Crippen LogP contribution in [-0.4, -0.2) is 31.4 Å². The van der Waals surface area contributed by atoms with Crippen LogP contribution < -0.4 is 0 Å². The van der Waals surface area contributed by atoms with E-state index < -0.39 is 23.3 Å². The maximum atomic E-state index is 11.7. The van der Waals surface area contributed by atoms with Crippen LogP contribution in [0.4, 0.5) is 5.69 Å². The molecule has 118 valence electrons. The first kappa shape index (κ1) is 17.5. The van der Waals surface area contributed by atoms with Crippen LogP contribution in [0.2, 0.25) is 0 Å². The second-order valence-electron chi connectivity index (χ2n) is 4.22. The number of esters is 1. The fourth-order valence-electron chi connectivity index (χ4n) is 1.71. The summed E-state index contributed by atoms with van der Waals surface area (Å²) in [5.41, 5.74) is 0.475. The van der Waals surface area contributed by atoms with Crippen LogP contribution in [0, 0.1) is 10.1 Å². The molecule has 0 aromatic heterocycles. The second-order valence-corrected chi connectivity index (χ2v) is 4.22. The van der Waals surface area contributed by atoms with E-state index >= 15 is 0 Å². The summed E-state index contributed by atoms with van der Waals surface area (Å²) >= 11 is 0. The van der Waals surface area contributed by atoms with E-state index in [1.807, 2.05) is 0 Å². The van der Waals surface area contributed by atoms with Gasteiger partial charge in [-0.05, 0) is 23.8 Å². The molecule has 0 radical (unpaired) electrons. The van der Waals surface area contributed by atoms with Gasteiger partial charge in [-0.2, -0.15) is 0 Å². The molecule has 7 nitrogen and oxygen atoms in total. The molecule has 1 aromatic rings. The van der Waals surface area contributed by atoms with Crippen LogP contribution in [0.15, 0.2) is 49.1 Å². The Kier molecular flexibility index (Phi) is 6.43. The zero-order chi connectivity index (χ0) is 16.7. The Morgan fingerprint density at radius 1 is 1.32 bits per heavy atom. The predicted octanol–water partition coefficient (Wildman–Crippen LogP) is 2.54. The number of methoxy groups -OCH3 is 2. The van der Waals surface area contributed by atoms with E-state index in [9.17, 15) is 14.9 Å². The number of nitrogens with zero attached hydrogens (tertiary/aromatic N) is 1. The summed E-state index contributed by atoms with van der Waals surface area (Å²) in [6.45, 7) is 7.21. The van der Waals surface area contributed by atoms with Gasteiger partial charge < -0.3 is 14.2 Å². The van der Waals surface area contributed by atoms with Crippen LogP contribution in [0.5, 0.6) is 0 Å². The summed E-state index contributed by atoms with van der Waals surface area (Å²) in [6.07, 6.45) is -0.249. The van der Waals surface area contributed by atoms with E-state index in [4.69, 9.17) is 9.47 Å². The lowest BCUT2D eigenvalue weighted by atomic mass is 10.0. The molecule has 0 aliphatic carbocycles. The van der Waals surface area contributed by atoms with E-state index in [2.05, 4.69) is 17.9 Å². The summed E-state index contributed by atoms with van der Waals surface area (Å²) in [4.78, 5) is 21.9. The maximum Gasteiger partial charge on any atom is 0.336 e. The highest BCUT2D eigenvalue weighted by atomic mass is 16.7. The van der Waals surface area contributed by atoms with Crippen molar-refractivity contribution in [2.75, 3.05) is 14.2 Å². The number of ether oxygens (including phenoxy) is 3. The monoisotopic (exact) mass is 307 g/mol. The number of rotatable bonds is 8. The van der Waals surface area contributed by atoms with E-state index in [0.717, 1.165) is 0 Å². The topological polar surface area (TPSA) is 87.9 Å². The minimum Gasteiger partial charge on any atom is -0.466 e. The lowest BCUT2D eigenvalue weighted by Gasteiger charge is -2.23. The average molecular weight is 307 g/mol. The highest BCUT2D eigenvalue weighted by molar-refractivity contribution is 5.89. The minimum absolute atomic E-state index is 0.0419. The molecule has 0 fully saturated rings. The molecule has 1 aromatic carbocycles. The summed E-state index contributed by atoms with van der Waals surface area (Å²) in [6, 6.07) is 5.58. The Bertz CT molecular complexity index is 566. The number of hydrogen-bond donors (Lipinski definition) is 0. The van der Waals surface area contributed by atoms with E-state index in [1.165, 1.54) is 44.6 Å². The summed E-state index contributed by atoms with van der Waals surface area (Å²) in [5.74, 6) is -0.651. The van der Waals surface area contributed by atoms with Crippen molar-refractivity contribution in [2.45, 2.75) is 12.4 Å². The quantitative estimate of drug-likeness (QED) is 0.183. The Morgan fingerprint density at radius 3 is 2.32 bits per heavy atom. The lowest BCUT2D eigenvalue weighted by Crippen LogP contribution is -2.21. The van der Waals surface area contributed by atoms with Crippen molar-refractivity contribution in [3.8, 4) is 0 Å². The van der Waals surface area contributed by atoms with Crippen molar-refractivity contribution in [3.05, 3.63) is 64.8 Å². The molecule has 0 spiro atoms. The largest absolute Gasteiger partial charge is 0.466 e. The average Bonchev–Trinajstić information content (AvgIpc) is 2.54. The fourth-order valence-corrected chi connectivity index (χ4v) is 1.71. The maximum absolute atomic E-state index is 11.7. The molecule has 0 N–H and O–H groups in total. The molecule has 1 rings (SSSR count). The van der Waals surface area contributed by atoms with Crippen LogP contribution in [0.1, 0.15) is 11.7 Å². The molecule has 0 bridgehead atoms. The zero-order valence-corrected chi connectivity index (χ0v) is 12.4. The van der Waals surface area contributed by atoms with Crippen molar-refractivity contribution in [1.82, 2.24) is 0 Å². The van der Waals surface area contributed by atoms with Crippen LogP contribution in [-0.2, 0) is 19.0 Å². The molecule has 0 aliphatic rings. The van der Waals surface area contributed by atoms with Gasteiger partial charge in [-0.1, -0.05) is 13.2 Å². The summed E-state index contributed by atoms with van der Waals surface area (Å²) < 4.78 is 15.3. The van der Waals surface area contributed by atoms with Gasteiger partial charge >= 0.3 is 5.97 Å². The van der Waals surface area contributed by atoms with E-state index in [-0.39, 0.29) is 11.3 Å². The molecule has 22 heavy (non-hydrogen) atoms. The van der Waals surface area contributed by atoms with Crippen molar-refractivity contribution < 1.29 is 23.9 Å². The van der Waals surface area contributed by atoms with Crippen LogP contribution in [0.3, 0.4) is 0 Å². The van der Waals surface area contributed by atoms with Crippen molar-refractivity contribution >= 4 is 11.7 Å². The number of carbonyl (C=O) groups excluding carboxylic acids is 1. The third kappa shape index (κ3) is 4.24. The summed E-state index contributed by atoms with van der Waals surface area (Å²) in [5, 5.41) is 10.7. The van der Waals surface area contributed by atoms with Gasteiger partial charge in [0.05, 0.1) is 17.6 Å². The van der Waals surface area contributed by atoms with Gasteiger partial charge in [-0.25, -0.2) is 4.79 Å². The third-order valence-electron chi connectivity index (χ3n) is 2.87. The standard InChI is InChI=1S/C15H17NO6/c1-5-13(20-3)22-14(10(2)15(17)21-4)11-6-8-12(9-7-11)16(18)19/h5-9,13-14H,1-2H2,3-4H3. The van der Waals surface area contributed by atoms with Gasteiger partial charge in [0.15, 0.2) is 6.29 Å². The van der Waals surface area contributed by atoms with Crippen LogP contribution >= 0.6 is 0 Å². The molecule has 0 heterocycles. The number of benzene rings is 1. The molecule has 0 amide bonds. The van der Waals surface area contributed by atoms with Gasteiger partial charge in [0, 0.05) is 19.2 Å².